The van der Waals surface area contributed by atoms with Crippen molar-refractivity contribution in [2.45, 2.75) is 19.5 Å². The summed E-state index contributed by atoms with van der Waals surface area (Å²) in [6, 6.07) is 13.7. The molecule has 2 heteroatoms. The Balaban J connectivity index is 1.72. The second-order valence-corrected chi connectivity index (χ2v) is 4.51. The van der Waals surface area contributed by atoms with E-state index in [1.807, 2.05) is 18.5 Å². The highest BCUT2D eigenvalue weighted by Crippen LogP contribution is 2.19. The molecule has 2 aromatic rings. The Morgan fingerprint density at radius 3 is 2.94 bits per heavy atom. The Morgan fingerprint density at radius 1 is 1.18 bits per heavy atom. The molecular weight excluding hydrogens is 208 g/mol. The van der Waals surface area contributed by atoms with E-state index in [2.05, 4.69) is 40.2 Å². The average molecular weight is 223 g/mol. The number of rotatable bonds is 2. The van der Waals surface area contributed by atoms with Crippen molar-refractivity contribution in [2.24, 2.45) is 0 Å². The Hall–Kier alpha value is -1.67. The van der Waals surface area contributed by atoms with Gasteiger partial charge in [0.1, 0.15) is 0 Å². The van der Waals surface area contributed by atoms with Gasteiger partial charge in [-0.05, 0) is 47.4 Å². The topological polar surface area (TPSA) is 16.1 Å². The molecule has 1 aliphatic heterocycles. The zero-order chi connectivity index (χ0) is 11.5. The SMILES string of the molecule is [c]1ccc2c(c1)CN(Cc1ccncc1)CC2. The molecule has 0 bridgehead atoms. The fraction of sp³-hybridized carbons (Fsp3) is 0.267. The first-order valence-corrected chi connectivity index (χ1v) is 6.01. The van der Waals surface area contributed by atoms with Gasteiger partial charge in [-0.25, -0.2) is 0 Å². The third kappa shape index (κ3) is 2.37. The Bertz CT molecular complexity index is 493. The van der Waals surface area contributed by atoms with Gasteiger partial charge in [-0.2, -0.15) is 0 Å². The zero-order valence-corrected chi connectivity index (χ0v) is 9.76. The summed E-state index contributed by atoms with van der Waals surface area (Å²) >= 11 is 0. The highest BCUT2D eigenvalue weighted by atomic mass is 15.1. The van der Waals surface area contributed by atoms with E-state index in [0.717, 1.165) is 26.1 Å². The molecule has 0 aliphatic carbocycles. The van der Waals surface area contributed by atoms with E-state index < -0.39 is 0 Å². The van der Waals surface area contributed by atoms with Crippen LogP contribution in [0.3, 0.4) is 0 Å². The van der Waals surface area contributed by atoms with Gasteiger partial charge in [0, 0.05) is 32.0 Å². The standard InChI is InChI=1S/C15H15N2/c1-2-4-15-12-17(10-7-14(15)3-1)11-13-5-8-16-9-6-13/h1,3-6,8-9H,7,10-12H2. The Labute approximate surface area is 102 Å². The monoisotopic (exact) mass is 223 g/mol. The van der Waals surface area contributed by atoms with Crippen molar-refractivity contribution in [2.75, 3.05) is 6.54 Å². The number of fused-ring (bicyclic) bond motifs is 1. The Kier molecular flexibility index (Phi) is 2.88. The van der Waals surface area contributed by atoms with Crippen molar-refractivity contribution in [1.29, 1.82) is 0 Å². The molecule has 85 valence electrons. The van der Waals surface area contributed by atoms with Crippen LogP contribution in [0.1, 0.15) is 16.7 Å². The van der Waals surface area contributed by atoms with Gasteiger partial charge in [-0.15, -0.1) is 0 Å². The molecule has 0 amide bonds. The maximum atomic E-state index is 4.05. The number of hydrogen-bond acceptors (Lipinski definition) is 2. The molecule has 3 rings (SSSR count). The van der Waals surface area contributed by atoms with Crippen molar-refractivity contribution in [3.8, 4) is 0 Å². The van der Waals surface area contributed by atoms with Crippen LogP contribution in [0.4, 0.5) is 0 Å². The van der Waals surface area contributed by atoms with Gasteiger partial charge in [-0.1, -0.05) is 12.1 Å². The third-order valence-corrected chi connectivity index (χ3v) is 3.30. The molecule has 0 unspecified atom stereocenters. The number of hydrogen-bond donors (Lipinski definition) is 0. The lowest BCUT2D eigenvalue weighted by molar-refractivity contribution is 0.245. The smallest absolute Gasteiger partial charge is 0.0271 e. The second kappa shape index (κ2) is 4.68. The summed E-state index contributed by atoms with van der Waals surface area (Å²) in [7, 11) is 0. The molecule has 0 spiro atoms. The number of pyridine rings is 1. The van der Waals surface area contributed by atoms with Gasteiger partial charge in [0.25, 0.3) is 0 Å². The molecule has 17 heavy (non-hydrogen) atoms. The van der Waals surface area contributed by atoms with Gasteiger partial charge in [-0.3, -0.25) is 9.88 Å². The lowest BCUT2D eigenvalue weighted by Crippen LogP contribution is -2.29. The maximum absolute atomic E-state index is 4.05. The fourth-order valence-electron chi connectivity index (χ4n) is 2.37. The normalized spacial score (nSPS) is 15.5. The van der Waals surface area contributed by atoms with Crippen LogP contribution in [-0.2, 0) is 19.5 Å². The summed E-state index contributed by atoms with van der Waals surface area (Å²) in [4.78, 5) is 6.53. The second-order valence-electron chi connectivity index (χ2n) is 4.51. The van der Waals surface area contributed by atoms with Crippen molar-refractivity contribution < 1.29 is 0 Å². The van der Waals surface area contributed by atoms with Crippen LogP contribution in [0, 0.1) is 6.07 Å². The molecule has 0 N–H and O–H groups in total. The summed E-state index contributed by atoms with van der Waals surface area (Å²) in [5.41, 5.74) is 4.24. The molecule has 1 aromatic heterocycles. The summed E-state index contributed by atoms with van der Waals surface area (Å²) in [5.74, 6) is 0. The van der Waals surface area contributed by atoms with Crippen LogP contribution in [0.5, 0.6) is 0 Å². The van der Waals surface area contributed by atoms with Gasteiger partial charge in [0.15, 0.2) is 0 Å². The fourth-order valence-corrected chi connectivity index (χ4v) is 2.37. The van der Waals surface area contributed by atoms with E-state index in [1.54, 1.807) is 0 Å². The molecule has 2 heterocycles. The number of aromatic nitrogens is 1. The molecule has 0 fully saturated rings. The van der Waals surface area contributed by atoms with Gasteiger partial charge in [0.05, 0.1) is 0 Å². The Morgan fingerprint density at radius 2 is 2.06 bits per heavy atom. The van der Waals surface area contributed by atoms with Gasteiger partial charge < -0.3 is 0 Å². The molecule has 0 saturated carbocycles. The van der Waals surface area contributed by atoms with E-state index in [4.69, 9.17) is 0 Å². The summed E-state index contributed by atoms with van der Waals surface area (Å²) in [6.45, 7) is 3.19. The minimum atomic E-state index is 1.01. The first-order valence-electron chi connectivity index (χ1n) is 6.01. The predicted molar refractivity (Wildman–Crippen MR) is 67.3 cm³/mol. The highest BCUT2D eigenvalue weighted by molar-refractivity contribution is 5.28. The van der Waals surface area contributed by atoms with E-state index >= 15 is 0 Å². The van der Waals surface area contributed by atoms with Crippen LogP contribution in [0.25, 0.3) is 0 Å². The third-order valence-electron chi connectivity index (χ3n) is 3.30. The number of nitrogens with zero attached hydrogens (tertiary/aromatic N) is 2. The first kappa shape index (κ1) is 10.5. The summed E-state index contributed by atoms with van der Waals surface area (Å²) < 4.78 is 0. The lowest BCUT2D eigenvalue weighted by atomic mass is 9.99. The molecule has 1 radical (unpaired) electrons. The van der Waals surface area contributed by atoms with Crippen LogP contribution < -0.4 is 0 Å². The largest absolute Gasteiger partial charge is 0.294 e. The molecule has 1 aliphatic rings. The predicted octanol–water partition coefficient (Wildman–Crippen LogP) is 2.44. The van der Waals surface area contributed by atoms with E-state index in [-0.39, 0.29) is 0 Å². The van der Waals surface area contributed by atoms with Crippen LogP contribution >= 0.6 is 0 Å². The summed E-state index contributed by atoms with van der Waals surface area (Å²) in [6.07, 6.45) is 4.87. The average Bonchev–Trinajstić information content (AvgIpc) is 2.40. The van der Waals surface area contributed by atoms with Crippen molar-refractivity contribution in [1.82, 2.24) is 9.88 Å². The van der Waals surface area contributed by atoms with E-state index in [9.17, 15) is 0 Å². The maximum Gasteiger partial charge on any atom is 0.0271 e. The van der Waals surface area contributed by atoms with Crippen molar-refractivity contribution in [3.63, 3.8) is 0 Å². The van der Waals surface area contributed by atoms with Gasteiger partial charge in [0.2, 0.25) is 0 Å². The van der Waals surface area contributed by atoms with Crippen molar-refractivity contribution in [3.05, 3.63) is 65.5 Å². The first-order chi connectivity index (χ1) is 8.42. The van der Waals surface area contributed by atoms with E-state index in [0.29, 0.717) is 0 Å². The van der Waals surface area contributed by atoms with Crippen LogP contribution in [0.15, 0.2) is 42.7 Å². The molecule has 2 nitrogen and oxygen atoms in total. The molecule has 1 aromatic carbocycles. The summed E-state index contributed by atoms with van der Waals surface area (Å²) in [5, 5.41) is 0. The van der Waals surface area contributed by atoms with Crippen molar-refractivity contribution >= 4 is 0 Å². The van der Waals surface area contributed by atoms with E-state index in [1.165, 1.54) is 16.7 Å². The molecule has 0 atom stereocenters. The molecular formula is C15H15N2. The van der Waals surface area contributed by atoms with Crippen LogP contribution in [-0.4, -0.2) is 16.4 Å². The van der Waals surface area contributed by atoms with Gasteiger partial charge >= 0.3 is 0 Å². The quantitative estimate of drug-likeness (QED) is 0.777. The van der Waals surface area contributed by atoms with Crippen LogP contribution in [0.2, 0.25) is 0 Å². The minimum absolute atomic E-state index is 1.01. The highest BCUT2D eigenvalue weighted by Gasteiger charge is 2.15. The number of benzene rings is 1. The minimum Gasteiger partial charge on any atom is -0.294 e. The lowest BCUT2D eigenvalue weighted by Gasteiger charge is -2.28. The zero-order valence-electron chi connectivity index (χ0n) is 9.76. The molecule has 0 saturated heterocycles.